The quantitative estimate of drug-likeness (QED) is 0.877. The summed E-state index contributed by atoms with van der Waals surface area (Å²) in [5, 5.41) is 6.36. The van der Waals surface area contributed by atoms with E-state index in [0.717, 1.165) is 0 Å². The highest BCUT2D eigenvalue weighted by Crippen LogP contribution is 2.20. The summed E-state index contributed by atoms with van der Waals surface area (Å²) in [7, 11) is 0. The van der Waals surface area contributed by atoms with Crippen LogP contribution in [0.1, 0.15) is 17.4 Å². The van der Waals surface area contributed by atoms with Gasteiger partial charge in [0.2, 0.25) is 5.76 Å². The highest BCUT2D eigenvalue weighted by molar-refractivity contribution is 5.93. The molecule has 0 saturated heterocycles. The van der Waals surface area contributed by atoms with E-state index in [1.54, 1.807) is 12.1 Å². The lowest BCUT2D eigenvalue weighted by Gasteiger charge is -2.08. The zero-order valence-corrected chi connectivity index (χ0v) is 10.6. The number of furan rings is 1. The Labute approximate surface area is 110 Å². The molecule has 2 aromatic heterocycles. The maximum absolute atomic E-state index is 11.7. The molecular formula is C11H14ClN3O3. The predicted octanol–water partition coefficient (Wildman–Crippen LogP) is 1.43. The molecule has 7 heteroatoms. The SMILES string of the molecule is C[C@@H](CN)NC(=O)c1cc(-c2ccco2)on1.Cl. The lowest BCUT2D eigenvalue weighted by molar-refractivity contribution is 0.0932. The zero-order chi connectivity index (χ0) is 12.3. The van der Waals surface area contributed by atoms with Crippen LogP contribution < -0.4 is 11.1 Å². The topological polar surface area (TPSA) is 94.3 Å². The molecule has 0 spiro atoms. The first-order chi connectivity index (χ1) is 8.20. The Morgan fingerprint density at radius 3 is 2.94 bits per heavy atom. The van der Waals surface area contributed by atoms with Gasteiger partial charge in [-0.2, -0.15) is 0 Å². The number of nitrogens with one attached hydrogen (secondary N) is 1. The number of nitrogens with two attached hydrogens (primary N) is 1. The van der Waals surface area contributed by atoms with Gasteiger partial charge in [0.15, 0.2) is 11.5 Å². The number of halogens is 1. The third-order valence-corrected chi connectivity index (χ3v) is 2.24. The average molecular weight is 272 g/mol. The van der Waals surface area contributed by atoms with Crippen molar-refractivity contribution in [1.29, 1.82) is 0 Å². The van der Waals surface area contributed by atoms with Crippen molar-refractivity contribution < 1.29 is 13.7 Å². The van der Waals surface area contributed by atoms with Gasteiger partial charge in [-0.15, -0.1) is 12.4 Å². The molecule has 2 rings (SSSR count). The van der Waals surface area contributed by atoms with Crippen LogP contribution >= 0.6 is 12.4 Å². The van der Waals surface area contributed by atoms with Gasteiger partial charge in [0.25, 0.3) is 5.91 Å². The summed E-state index contributed by atoms with van der Waals surface area (Å²) in [4.78, 5) is 11.7. The van der Waals surface area contributed by atoms with Crippen molar-refractivity contribution in [3.05, 3.63) is 30.2 Å². The fraction of sp³-hybridized carbons (Fsp3) is 0.273. The first-order valence-electron chi connectivity index (χ1n) is 5.22. The van der Waals surface area contributed by atoms with E-state index in [2.05, 4.69) is 10.5 Å². The summed E-state index contributed by atoms with van der Waals surface area (Å²) >= 11 is 0. The number of carbonyl (C=O) groups excluding carboxylic acids is 1. The van der Waals surface area contributed by atoms with Gasteiger partial charge in [-0.3, -0.25) is 4.79 Å². The molecule has 2 heterocycles. The van der Waals surface area contributed by atoms with E-state index < -0.39 is 0 Å². The van der Waals surface area contributed by atoms with E-state index in [1.807, 2.05) is 6.92 Å². The number of hydrogen-bond donors (Lipinski definition) is 2. The van der Waals surface area contributed by atoms with Crippen molar-refractivity contribution in [2.24, 2.45) is 5.73 Å². The predicted molar refractivity (Wildman–Crippen MR) is 67.4 cm³/mol. The van der Waals surface area contributed by atoms with Crippen molar-refractivity contribution in [3.63, 3.8) is 0 Å². The largest absolute Gasteiger partial charge is 0.461 e. The minimum absolute atomic E-state index is 0. The summed E-state index contributed by atoms with van der Waals surface area (Å²) in [6.07, 6.45) is 1.52. The fourth-order valence-electron chi connectivity index (χ4n) is 1.27. The maximum Gasteiger partial charge on any atom is 0.273 e. The molecule has 98 valence electrons. The van der Waals surface area contributed by atoms with Crippen LogP contribution in [0.5, 0.6) is 0 Å². The molecule has 1 amide bonds. The van der Waals surface area contributed by atoms with Gasteiger partial charge < -0.3 is 20.0 Å². The Balaban J connectivity index is 0.00000162. The van der Waals surface area contributed by atoms with Crippen LogP contribution in [0.15, 0.2) is 33.4 Å². The molecular weight excluding hydrogens is 258 g/mol. The second-order valence-corrected chi connectivity index (χ2v) is 3.66. The molecule has 0 saturated carbocycles. The lowest BCUT2D eigenvalue weighted by atomic mass is 10.3. The van der Waals surface area contributed by atoms with E-state index in [0.29, 0.717) is 18.1 Å². The van der Waals surface area contributed by atoms with Gasteiger partial charge in [0.05, 0.1) is 6.26 Å². The fourth-order valence-corrected chi connectivity index (χ4v) is 1.27. The summed E-state index contributed by atoms with van der Waals surface area (Å²) in [5.41, 5.74) is 5.61. The first-order valence-corrected chi connectivity index (χ1v) is 5.22. The number of carbonyl (C=O) groups is 1. The molecule has 0 aliphatic rings. The molecule has 1 atom stereocenters. The van der Waals surface area contributed by atoms with Crippen LogP contribution in [0.25, 0.3) is 11.5 Å². The highest BCUT2D eigenvalue weighted by atomic mass is 35.5. The maximum atomic E-state index is 11.7. The summed E-state index contributed by atoms with van der Waals surface area (Å²) in [6, 6.07) is 4.88. The van der Waals surface area contributed by atoms with Gasteiger partial charge in [-0.05, 0) is 19.1 Å². The molecule has 18 heavy (non-hydrogen) atoms. The van der Waals surface area contributed by atoms with E-state index in [9.17, 15) is 4.79 Å². The van der Waals surface area contributed by atoms with Crippen molar-refractivity contribution >= 4 is 18.3 Å². The van der Waals surface area contributed by atoms with Gasteiger partial charge in [-0.1, -0.05) is 5.16 Å². The average Bonchev–Trinajstić information content (AvgIpc) is 2.98. The zero-order valence-electron chi connectivity index (χ0n) is 9.75. The first kappa shape index (κ1) is 14.3. The van der Waals surface area contributed by atoms with Crippen LogP contribution in [-0.4, -0.2) is 23.7 Å². The minimum atomic E-state index is -0.315. The number of amides is 1. The number of aromatic nitrogens is 1. The molecule has 0 unspecified atom stereocenters. The van der Waals surface area contributed by atoms with Gasteiger partial charge in [-0.25, -0.2) is 0 Å². The monoisotopic (exact) mass is 271 g/mol. The molecule has 0 aliphatic heterocycles. The van der Waals surface area contributed by atoms with Crippen molar-refractivity contribution in [1.82, 2.24) is 10.5 Å². The number of nitrogens with zero attached hydrogens (tertiary/aromatic N) is 1. The molecule has 0 aromatic carbocycles. The van der Waals surface area contributed by atoms with Gasteiger partial charge in [0.1, 0.15) is 0 Å². The van der Waals surface area contributed by atoms with Crippen molar-refractivity contribution in [2.45, 2.75) is 13.0 Å². The summed E-state index contributed by atoms with van der Waals surface area (Å²) in [5.74, 6) is 0.633. The molecule has 0 radical (unpaired) electrons. The van der Waals surface area contributed by atoms with Crippen molar-refractivity contribution in [2.75, 3.05) is 6.54 Å². The standard InChI is InChI=1S/C11H13N3O3.ClH/c1-7(6-12)13-11(15)8-5-10(17-14-8)9-3-2-4-16-9;/h2-5,7H,6,12H2,1H3,(H,13,15);1H/t7-;/m0./s1. The van der Waals surface area contributed by atoms with E-state index in [1.165, 1.54) is 12.3 Å². The number of hydrogen-bond acceptors (Lipinski definition) is 5. The molecule has 0 bridgehead atoms. The number of rotatable bonds is 4. The third kappa shape index (κ3) is 3.12. The van der Waals surface area contributed by atoms with E-state index in [-0.39, 0.29) is 30.0 Å². The second kappa shape index (κ2) is 6.23. The Bertz CT molecular complexity index is 495. The molecule has 0 fully saturated rings. The van der Waals surface area contributed by atoms with Crippen LogP contribution in [-0.2, 0) is 0 Å². The summed E-state index contributed by atoms with van der Waals surface area (Å²) < 4.78 is 10.1. The Morgan fingerprint density at radius 1 is 1.56 bits per heavy atom. The Morgan fingerprint density at radius 2 is 2.33 bits per heavy atom. The lowest BCUT2D eigenvalue weighted by Crippen LogP contribution is -2.37. The van der Waals surface area contributed by atoms with Crippen LogP contribution in [0, 0.1) is 0 Å². The molecule has 2 aromatic rings. The smallest absolute Gasteiger partial charge is 0.273 e. The van der Waals surface area contributed by atoms with Gasteiger partial charge in [0, 0.05) is 18.7 Å². The van der Waals surface area contributed by atoms with Crippen LogP contribution in [0.3, 0.4) is 0 Å². The normalized spacial score (nSPS) is 11.7. The van der Waals surface area contributed by atoms with E-state index >= 15 is 0 Å². The minimum Gasteiger partial charge on any atom is -0.461 e. The third-order valence-electron chi connectivity index (χ3n) is 2.24. The van der Waals surface area contributed by atoms with Crippen LogP contribution in [0.2, 0.25) is 0 Å². The van der Waals surface area contributed by atoms with Crippen molar-refractivity contribution in [3.8, 4) is 11.5 Å². The Hall–Kier alpha value is -1.79. The molecule has 0 aliphatic carbocycles. The second-order valence-electron chi connectivity index (χ2n) is 3.66. The Kier molecular flexibility index (Phi) is 4.94. The van der Waals surface area contributed by atoms with E-state index in [4.69, 9.17) is 14.7 Å². The van der Waals surface area contributed by atoms with Crippen LogP contribution in [0.4, 0.5) is 0 Å². The highest BCUT2D eigenvalue weighted by Gasteiger charge is 2.16. The van der Waals surface area contributed by atoms with Gasteiger partial charge >= 0.3 is 0 Å². The molecule has 3 N–H and O–H groups in total. The summed E-state index contributed by atoms with van der Waals surface area (Å²) in [6.45, 7) is 2.18. The molecule has 6 nitrogen and oxygen atoms in total.